The van der Waals surface area contributed by atoms with Gasteiger partial charge in [0.05, 0.1) is 12.1 Å². The third-order valence-corrected chi connectivity index (χ3v) is 4.32. The number of carbonyl (C=O) groups is 1. The van der Waals surface area contributed by atoms with E-state index in [1.165, 1.54) is 0 Å². The second-order valence-electron chi connectivity index (χ2n) is 7.50. The zero-order valence-electron chi connectivity index (χ0n) is 12.5. The number of nitrogens with zero attached hydrogens (tertiary/aromatic N) is 1. The molecule has 20 heavy (non-hydrogen) atoms. The molecule has 0 aromatic heterocycles. The summed E-state index contributed by atoms with van der Waals surface area (Å²) >= 11 is 0. The maximum absolute atomic E-state index is 12.4. The fraction of sp³-hybridized carbons (Fsp3) is 0.929. The van der Waals surface area contributed by atoms with E-state index >= 15 is 0 Å². The Morgan fingerprint density at radius 3 is 2.00 bits per heavy atom. The molecule has 0 saturated carbocycles. The lowest BCUT2D eigenvalue weighted by Gasteiger charge is -2.31. The number of fused-ring (bicyclic) bond motifs is 8. The molecule has 4 heterocycles. The molecule has 0 aliphatic carbocycles. The molecule has 4 fully saturated rings. The predicted octanol–water partition coefficient (Wildman–Crippen LogP) is 1.28. The molecular weight excluding hydrogens is 262 g/mol. The van der Waals surface area contributed by atoms with Crippen LogP contribution in [0.3, 0.4) is 0 Å². The van der Waals surface area contributed by atoms with Gasteiger partial charge in [-0.25, -0.2) is 4.79 Å². The van der Waals surface area contributed by atoms with Gasteiger partial charge in [-0.15, -0.1) is 0 Å². The van der Waals surface area contributed by atoms with Crippen molar-refractivity contribution in [2.75, 3.05) is 0 Å². The summed E-state index contributed by atoms with van der Waals surface area (Å²) in [6, 6.07) is -0.154. The minimum absolute atomic E-state index is 0.0772. The zero-order chi connectivity index (χ0) is 14.4. The maximum Gasteiger partial charge on any atom is 0.411 e. The van der Waals surface area contributed by atoms with Crippen LogP contribution < -0.4 is 0 Å². The van der Waals surface area contributed by atoms with Gasteiger partial charge in [0.2, 0.25) is 0 Å². The van der Waals surface area contributed by atoms with Crippen LogP contribution in [0, 0.1) is 0 Å². The fourth-order valence-corrected chi connectivity index (χ4v) is 3.80. The second-order valence-corrected chi connectivity index (χ2v) is 7.50. The van der Waals surface area contributed by atoms with E-state index in [-0.39, 0.29) is 42.6 Å². The van der Waals surface area contributed by atoms with E-state index < -0.39 is 11.4 Å². The Bertz CT molecular complexity index is 445. The molecule has 4 rings (SSSR count). The number of ether oxygens (including phenoxy) is 4. The van der Waals surface area contributed by atoms with Crippen molar-refractivity contribution in [2.24, 2.45) is 0 Å². The molecule has 4 saturated heterocycles. The van der Waals surface area contributed by atoms with E-state index in [1.54, 1.807) is 4.90 Å². The number of epoxide rings is 1. The summed E-state index contributed by atoms with van der Waals surface area (Å²) < 4.78 is 23.1. The topological polar surface area (TPSA) is 60.5 Å². The first-order valence-corrected chi connectivity index (χ1v) is 7.20. The highest BCUT2D eigenvalue weighted by Crippen LogP contribution is 2.56. The first kappa shape index (κ1) is 12.9. The standard InChI is InChI=1S/C14H21NO5/c1-13(2,3)20-12(16)15-6-8-9(17-8)7(15)11-10(6)18-14(4,5)19-11/h6-11H,1-5H3/t6-,7+,8+,9-,10-,11+. The summed E-state index contributed by atoms with van der Waals surface area (Å²) in [6.45, 7) is 9.44. The average Bonchev–Trinajstić information content (AvgIpc) is 2.76. The van der Waals surface area contributed by atoms with Gasteiger partial charge < -0.3 is 18.9 Å². The Morgan fingerprint density at radius 1 is 1.05 bits per heavy atom. The summed E-state index contributed by atoms with van der Waals surface area (Å²) in [5.74, 6) is -0.581. The van der Waals surface area contributed by atoms with E-state index in [2.05, 4.69) is 0 Å². The average molecular weight is 283 g/mol. The molecule has 6 nitrogen and oxygen atoms in total. The van der Waals surface area contributed by atoms with Gasteiger partial charge in [-0.05, 0) is 34.6 Å². The van der Waals surface area contributed by atoms with Gasteiger partial charge in [0.15, 0.2) is 5.79 Å². The van der Waals surface area contributed by atoms with Gasteiger partial charge in [0, 0.05) is 0 Å². The minimum Gasteiger partial charge on any atom is -0.444 e. The first-order chi connectivity index (χ1) is 9.18. The summed E-state index contributed by atoms with van der Waals surface area (Å²) in [7, 11) is 0. The van der Waals surface area contributed by atoms with Crippen molar-refractivity contribution in [3.63, 3.8) is 0 Å². The van der Waals surface area contributed by atoms with Crippen molar-refractivity contribution in [3.05, 3.63) is 0 Å². The van der Waals surface area contributed by atoms with Crippen LogP contribution in [-0.4, -0.2) is 58.9 Å². The first-order valence-electron chi connectivity index (χ1n) is 7.20. The van der Waals surface area contributed by atoms with E-state index in [1.807, 2.05) is 34.6 Å². The molecule has 112 valence electrons. The molecule has 0 N–H and O–H groups in total. The van der Waals surface area contributed by atoms with Gasteiger partial charge in [-0.3, -0.25) is 4.90 Å². The SMILES string of the molecule is CC(C)(C)OC(=O)N1[C@@H]2[C@@H]3OC(C)(C)O[C@@H]3[C@H]1[C@@H]1O[C@@H]12. The van der Waals surface area contributed by atoms with E-state index in [0.29, 0.717) is 0 Å². The normalized spacial score (nSPS) is 47.1. The Hall–Kier alpha value is -0.850. The lowest BCUT2D eigenvalue weighted by atomic mass is 9.95. The van der Waals surface area contributed by atoms with Crippen molar-refractivity contribution >= 4 is 6.09 Å². The number of carbonyl (C=O) groups excluding carboxylic acids is 1. The molecule has 0 radical (unpaired) electrons. The van der Waals surface area contributed by atoms with Crippen LogP contribution in [0.2, 0.25) is 0 Å². The molecule has 6 atom stereocenters. The third kappa shape index (κ3) is 1.64. The third-order valence-electron chi connectivity index (χ3n) is 4.32. The molecule has 6 heteroatoms. The molecule has 2 bridgehead atoms. The Morgan fingerprint density at radius 2 is 1.55 bits per heavy atom. The number of morpholine rings is 1. The van der Waals surface area contributed by atoms with Crippen LogP contribution in [0.25, 0.3) is 0 Å². The largest absolute Gasteiger partial charge is 0.444 e. The quantitative estimate of drug-likeness (QED) is 0.627. The van der Waals surface area contributed by atoms with Crippen molar-refractivity contribution < 1.29 is 23.7 Å². The minimum atomic E-state index is -0.581. The summed E-state index contributed by atoms with van der Waals surface area (Å²) in [5.41, 5.74) is -0.500. The molecule has 0 aromatic rings. The van der Waals surface area contributed by atoms with E-state index in [9.17, 15) is 4.79 Å². The summed E-state index contributed by atoms with van der Waals surface area (Å²) in [5, 5.41) is 0. The lowest BCUT2D eigenvalue weighted by molar-refractivity contribution is -0.166. The molecule has 1 amide bonds. The van der Waals surface area contributed by atoms with Crippen LogP contribution in [0.15, 0.2) is 0 Å². The second kappa shape index (κ2) is 3.48. The summed E-state index contributed by atoms with van der Waals surface area (Å²) in [4.78, 5) is 14.2. The van der Waals surface area contributed by atoms with Gasteiger partial charge in [-0.1, -0.05) is 0 Å². The molecule has 0 spiro atoms. The van der Waals surface area contributed by atoms with Crippen LogP contribution in [0.4, 0.5) is 4.79 Å². The fourth-order valence-electron chi connectivity index (χ4n) is 3.80. The van der Waals surface area contributed by atoms with Gasteiger partial charge in [0.25, 0.3) is 0 Å². The van der Waals surface area contributed by atoms with Gasteiger partial charge in [-0.2, -0.15) is 0 Å². The van der Waals surface area contributed by atoms with Crippen LogP contribution in [0.1, 0.15) is 34.6 Å². The number of rotatable bonds is 0. The zero-order valence-corrected chi connectivity index (χ0v) is 12.5. The molecule has 4 aliphatic rings. The van der Waals surface area contributed by atoms with Crippen molar-refractivity contribution in [3.8, 4) is 0 Å². The Balaban J connectivity index is 1.59. The van der Waals surface area contributed by atoms with Crippen LogP contribution >= 0.6 is 0 Å². The number of amides is 1. The van der Waals surface area contributed by atoms with Crippen LogP contribution in [0.5, 0.6) is 0 Å². The number of hydrogen-bond donors (Lipinski definition) is 0. The van der Waals surface area contributed by atoms with Crippen molar-refractivity contribution in [2.45, 2.75) is 82.5 Å². The molecule has 0 unspecified atom stereocenters. The van der Waals surface area contributed by atoms with E-state index in [4.69, 9.17) is 18.9 Å². The monoisotopic (exact) mass is 283 g/mol. The van der Waals surface area contributed by atoms with Crippen molar-refractivity contribution in [1.82, 2.24) is 4.90 Å². The predicted molar refractivity (Wildman–Crippen MR) is 68.1 cm³/mol. The highest BCUT2D eigenvalue weighted by atomic mass is 16.8. The summed E-state index contributed by atoms with van der Waals surface area (Å²) in [6.07, 6.45) is -0.322. The van der Waals surface area contributed by atoms with Crippen LogP contribution in [-0.2, 0) is 18.9 Å². The van der Waals surface area contributed by atoms with Crippen molar-refractivity contribution in [1.29, 1.82) is 0 Å². The lowest BCUT2D eigenvalue weighted by Crippen LogP contribution is -2.47. The van der Waals surface area contributed by atoms with Gasteiger partial charge in [0.1, 0.15) is 30.0 Å². The number of hydrogen-bond acceptors (Lipinski definition) is 5. The molecule has 0 aromatic carbocycles. The highest BCUT2D eigenvalue weighted by molar-refractivity contribution is 5.71. The Labute approximate surface area is 118 Å². The maximum atomic E-state index is 12.4. The smallest absolute Gasteiger partial charge is 0.411 e. The van der Waals surface area contributed by atoms with Gasteiger partial charge >= 0.3 is 6.09 Å². The van der Waals surface area contributed by atoms with E-state index in [0.717, 1.165) is 0 Å². The molecule has 4 aliphatic heterocycles. The Kier molecular flexibility index (Phi) is 2.24. The highest BCUT2D eigenvalue weighted by Gasteiger charge is 2.77. The molecular formula is C14H21NO5.